The summed E-state index contributed by atoms with van der Waals surface area (Å²) in [6.07, 6.45) is 4.54. The largest absolute Gasteiger partial charge is 0.468 e. The maximum atomic E-state index is 11.7. The van der Waals surface area contributed by atoms with Crippen LogP contribution in [0.1, 0.15) is 32.1 Å². The zero-order valence-corrected chi connectivity index (χ0v) is 11.4. The molecule has 2 aliphatic rings. The summed E-state index contributed by atoms with van der Waals surface area (Å²) in [4.78, 5) is 14.1. The Labute approximate surface area is 109 Å². The molecule has 5 heteroatoms. The summed E-state index contributed by atoms with van der Waals surface area (Å²) in [5.74, 6) is -0.273. The van der Waals surface area contributed by atoms with Crippen LogP contribution in [0.4, 0.5) is 0 Å². The highest BCUT2D eigenvalue weighted by Crippen LogP contribution is 2.33. The lowest BCUT2D eigenvalue weighted by Gasteiger charge is -2.36. The average Bonchev–Trinajstić information content (AvgIpc) is 2.82. The van der Waals surface area contributed by atoms with Crippen LogP contribution in [-0.4, -0.2) is 55.9 Å². The predicted molar refractivity (Wildman–Crippen MR) is 68.2 cm³/mol. The molecule has 1 aliphatic heterocycles. The van der Waals surface area contributed by atoms with Crippen molar-refractivity contribution < 1.29 is 14.3 Å². The molecule has 0 aromatic carbocycles. The second-order valence-corrected chi connectivity index (χ2v) is 5.55. The first-order valence-corrected chi connectivity index (χ1v) is 6.74. The zero-order valence-electron chi connectivity index (χ0n) is 11.4. The van der Waals surface area contributed by atoms with E-state index < -0.39 is 5.54 Å². The van der Waals surface area contributed by atoms with Gasteiger partial charge in [0.05, 0.1) is 7.11 Å². The van der Waals surface area contributed by atoms with Crippen LogP contribution in [0.2, 0.25) is 0 Å². The summed E-state index contributed by atoms with van der Waals surface area (Å²) in [6.45, 7) is 1.68. The summed E-state index contributed by atoms with van der Waals surface area (Å²) < 4.78 is 10.2. The van der Waals surface area contributed by atoms with Gasteiger partial charge in [0, 0.05) is 25.3 Å². The Bertz CT molecular complexity index is 305. The number of hydrogen-bond donors (Lipinski definition) is 1. The molecule has 0 aromatic rings. The first kappa shape index (κ1) is 13.8. The van der Waals surface area contributed by atoms with Crippen molar-refractivity contribution in [1.29, 1.82) is 0 Å². The van der Waals surface area contributed by atoms with Crippen molar-refractivity contribution in [3.8, 4) is 0 Å². The number of nitrogens with two attached hydrogens (primary N) is 1. The molecule has 18 heavy (non-hydrogen) atoms. The second-order valence-electron chi connectivity index (χ2n) is 5.55. The Morgan fingerprint density at radius 2 is 2.00 bits per heavy atom. The third-order valence-electron chi connectivity index (χ3n) is 4.46. The fourth-order valence-electron chi connectivity index (χ4n) is 3.18. The van der Waals surface area contributed by atoms with Gasteiger partial charge in [0.25, 0.3) is 0 Å². The Morgan fingerprint density at radius 3 is 2.61 bits per heavy atom. The van der Waals surface area contributed by atoms with Gasteiger partial charge in [0.2, 0.25) is 0 Å². The van der Waals surface area contributed by atoms with Gasteiger partial charge < -0.3 is 20.1 Å². The van der Waals surface area contributed by atoms with Gasteiger partial charge in [0.1, 0.15) is 5.54 Å². The molecule has 0 bridgehead atoms. The molecule has 0 radical (unpaired) electrons. The zero-order chi connectivity index (χ0) is 13.2. The normalized spacial score (nSPS) is 33.9. The topological polar surface area (TPSA) is 64.8 Å². The first-order valence-electron chi connectivity index (χ1n) is 6.74. The fourth-order valence-corrected chi connectivity index (χ4v) is 3.18. The van der Waals surface area contributed by atoms with Gasteiger partial charge in [0.15, 0.2) is 0 Å². The van der Waals surface area contributed by atoms with Crippen molar-refractivity contribution in [2.45, 2.75) is 49.7 Å². The van der Waals surface area contributed by atoms with E-state index in [-0.39, 0.29) is 5.97 Å². The number of hydrogen-bond acceptors (Lipinski definition) is 5. The van der Waals surface area contributed by atoms with Gasteiger partial charge in [-0.2, -0.15) is 0 Å². The minimum Gasteiger partial charge on any atom is -0.468 e. The SMILES string of the molecule is COC(=O)C1(N)CCC(N(C)C2CCOCC2)C1. The number of methoxy groups -OCH3 is 1. The summed E-state index contributed by atoms with van der Waals surface area (Å²) in [5.41, 5.74) is 5.37. The van der Waals surface area contributed by atoms with Gasteiger partial charge in [-0.05, 0) is 39.2 Å². The van der Waals surface area contributed by atoms with Gasteiger partial charge in [-0.25, -0.2) is 0 Å². The maximum absolute atomic E-state index is 11.7. The molecular weight excluding hydrogens is 232 g/mol. The molecule has 0 spiro atoms. The van der Waals surface area contributed by atoms with E-state index in [0.717, 1.165) is 38.9 Å². The van der Waals surface area contributed by atoms with Crippen LogP contribution in [0.15, 0.2) is 0 Å². The van der Waals surface area contributed by atoms with Gasteiger partial charge in [-0.15, -0.1) is 0 Å². The lowest BCUT2D eigenvalue weighted by atomic mass is 9.98. The molecule has 0 amide bonds. The monoisotopic (exact) mass is 256 g/mol. The molecule has 1 saturated carbocycles. The number of rotatable bonds is 3. The van der Waals surface area contributed by atoms with Crippen molar-refractivity contribution >= 4 is 5.97 Å². The number of carbonyl (C=O) groups is 1. The van der Waals surface area contributed by atoms with Gasteiger partial charge in [-0.3, -0.25) is 4.79 Å². The molecular formula is C13H24N2O3. The highest BCUT2D eigenvalue weighted by atomic mass is 16.5. The van der Waals surface area contributed by atoms with E-state index in [4.69, 9.17) is 15.2 Å². The van der Waals surface area contributed by atoms with E-state index in [1.165, 1.54) is 7.11 Å². The minimum absolute atomic E-state index is 0.273. The Hall–Kier alpha value is -0.650. The highest BCUT2D eigenvalue weighted by Gasteiger charge is 2.45. The number of carbonyl (C=O) groups excluding carboxylic acids is 1. The molecule has 2 N–H and O–H groups in total. The average molecular weight is 256 g/mol. The molecule has 2 unspecified atom stereocenters. The van der Waals surface area contributed by atoms with Crippen LogP contribution in [0, 0.1) is 0 Å². The molecule has 1 heterocycles. The molecule has 2 rings (SSSR count). The van der Waals surface area contributed by atoms with E-state index in [1.54, 1.807) is 0 Å². The van der Waals surface area contributed by atoms with Crippen molar-refractivity contribution in [1.82, 2.24) is 4.90 Å². The van der Waals surface area contributed by atoms with E-state index >= 15 is 0 Å². The minimum atomic E-state index is -0.779. The van der Waals surface area contributed by atoms with E-state index in [2.05, 4.69) is 11.9 Å². The van der Waals surface area contributed by atoms with Crippen LogP contribution < -0.4 is 5.73 Å². The van der Waals surface area contributed by atoms with E-state index in [1.807, 2.05) is 0 Å². The van der Waals surface area contributed by atoms with Crippen LogP contribution >= 0.6 is 0 Å². The van der Waals surface area contributed by atoms with E-state index in [9.17, 15) is 4.79 Å². The third-order valence-corrected chi connectivity index (χ3v) is 4.46. The molecule has 0 aromatic heterocycles. The molecule has 1 saturated heterocycles. The summed E-state index contributed by atoms with van der Waals surface area (Å²) in [7, 11) is 3.55. The second kappa shape index (κ2) is 5.55. The summed E-state index contributed by atoms with van der Waals surface area (Å²) in [6, 6.07) is 0.945. The smallest absolute Gasteiger partial charge is 0.325 e. The van der Waals surface area contributed by atoms with Gasteiger partial charge in [-0.1, -0.05) is 0 Å². The summed E-state index contributed by atoms with van der Waals surface area (Å²) >= 11 is 0. The van der Waals surface area contributed by atoms with Crippen molar-refractivity contribution in [2.75, 3.05) is 27.4 Å². The number of ether oxygens (including phenoxy) is 2. The quantitative estimate of drug-likeness (QED) is 0.746. The van der Waals surface area contributed by atoms with Gasteiger partial charge >= 0.3 is 5.97 Å². The first-order chi connectivity index (χ1) is 8.57. The molecule has 104 valence electrons. The van der Waals surface area contributed by atoms with Crippen LogP contribution in [0.5, 0.6) is 0 Å². The van der Waals surface area contributed by atoms with Crippen LogP contribution in [-0.2, 0) is 14.3 Å². The fraction of sp³-hybridized carbons (Fsp3) is 0.923. The maximum Gasteiger partial charge on any atom is 0.325 e. The van der Waals surface area contributed by atoms with Crippen LogP contribution in [0.3, 0.4) is 0 Å². The lowest BCUT2D eigenvalue weighted by molar-refractivity contribution is -0.147. The molecule has 1 aliphatic carbocycles. The lowest BCUT2D eigenvalue weighted by Crippen LogP contribution is -2.49. The summed E-state index contributed by atoms with van der Waals surface area (Å²) in [5, 5.41) is 0. The number of esters is 1. The van der Waals surface area contributed by atoms with Crippen molar-refractivity contribution in [2.24, 2.45) is 5.73 Å². The molecule has 5 nitrogen and oxygen atoms in total. The number of nitrogens with zero attached hydrogens (tertiary/aromatic N) is 1. The van der Waals surface area contributed by atoms with E-state index in [0.29, 0.717) is 18.5 Å². The van der Waals surface area contributed by atoms with Crippen LogP contribution in [0.25, 0.3) is 0 Å². The molecule has 2 fully saturated rings. The predicted octanol–water partition coefficient (Wildman–Crippen LogP) is 0.520. The van der Waals surface area contributed by atoms with Crippen molar-refractivity contribution in [3.05, 3.63) is 0 Å². The third kappa shape index (κ3) is 2.68. The standard InChI is InChI=1S/C13H24N2O3/c1-15(10-4-7-18-8-5-10)11-3-6-13(14,9-11)12(16)17-2/h10-11H,3-9,14H2,1-2H3. The highest BCUT2D eigenvalue weighted by molar-refractivity contribution is 5.81. The molecule has 2 atom stereocenters. The Kier molecular flexibility index (Phi) is 4.25. The van der Waals surface area contributed by atoms with Crippen molar-refractivity contribution in [3.63, 3.8) is 0 Å². The Morgan fingerprint density at radius 1 is 1.33 bits per heavy atom. The Balaban J connectivity index is 1.93.